The minimum Gasteiger partial charge on any atom is -0.312 e. The van der Waals surface area contributed by atoms with Gasteiger partial charge in [0.25, 0.3) is 11.6 Å². The van der Waals surface area contributed by atoms with E-state index in [9.17, 15) is 14.9 Å². The van der Waals surface area contributed by atoms with Crippen molar-refractivity contribution in [3.05, 3.63) is 55.9 Å². The second-order valence-electron chi connectivity index (χ2n) is 4.36. The summed E-state index contributed by atoms with van der Waals surface area (Å²) in [5.41, 5.74) is 1.28. The van der Waals surface area contributed by atoms with Gasteiger partial charge in [0.1, 0.15) is 11.1 Å². The number of non-ortho nitro benzene ring substituents is 1. The lowest BCUT2D eigenvalue weighted by molar-refractivity contribution is -0.384. The number of nitrogens with one attached hydrogen (secondary N) is 1. The predicted octanol–water partition coefficient (Wildman–Crippen LogP) is 3.40. The number of nitro groups is 1. The molecule has 1 heterocycles. The number of thiophene rings is 1. The quantitative estimate of drug-likeness (QED) is 0.694. The van der Waals surface area contributed by atoms with Gasteiger partial charge in [0.05, 0.1) is 10.5 Å². The van der Waals surface area contributed by atoms with Crippen molar-refractivity contribution in [1.82, 2.24) is 0 Å². The molecule has 0 aliphatic carbocycles. The summed E-state index contributed by atoms with van der Waals surface area (Å²) in [6, 6.07) is 7.51. The molecule has 0 saturated heterocycles. The van der Waals surface area contributed by atoms with E-state index in [-0.39, 0.29) is 11.3 Å². The van der Waals surface area contributed by atoms with Crippen LogP contribution in [0.2, 0.25) is 0 Å². The molecule has 1 amide bonds. The van der Waals surface area contributed by atoms with Crippen LogP contribution in [0.25, 0.3) is 0 Å². The summed E-state index contributed by atoms with van der Waals surface area (Å²) in [6.07, 6.45) is 0. The average molecular weight is 301 g/mol. The number of nitriles is 1. The van der Waals surface area contributed by atoms with Crippen LogP contribution in [0, 0.1) is 35.3 Å². The van der Waals surface area contributed by atoms with Crippen LogP contribution < -0.4 is 5.32 Å². The van der Waals surface area contributed by atoms with E-state index in [4.69, 9.17) is 5.26 Å². The van der Waals surface area contributed by atoms with Crippen LogP contribution in [0.1, 0.15) is 26.4 Å². The Balaban J connectivity index is 2.31. The van der Waals surface area contributed by atoms with Gasteiger partial charge in [0.2, 0.25) is 0 Å². The lowest BCUT2D eigenvalue weighted by Gasteiger charge is -2.03. The number of hydrogen-bond acceptors (Lipinski definition) is 5. The van der Waals surface area contributed by atoms with Crippen LogP contribution in [0.15, 0.2) is 24.3 Å². The van der Waals surface area contributed by atoms with Crippen molar-refractivity contribution in [2.75, 3.05) is 5.32 Å². The Morgan fingerprint density at radius 2 is 2.14 bits per heavy atom. The molecular weight excluding hydrogens is 290 g/mol. The number of benzene rings is 1. The summed E-state index contributed by atoms with van der Waals surface area (Å²) in [5.74, 6) is -0.476. The zero-order valence-electron chi connectivity index (χ0n) is 11.3. The van der Waals surface area contributed by atoms with Crippen molar-refractivity contribution < 1.29 is 9.72 Å². The van der Waals surface area contributed by atoms with Crippen LogP contribution >= 0.6 is 11.3 Å². The summed E-state index contributed by atoms with van der Waals surface area (Å²) < 4.78 is 0. The Bertz CT molecular complexity index is 774. The first kappa shape index (κ1) is 14.7. The van der Waals surface area contributed by atoms with Gasteiger partial charge >= 0.3 is 0 Å². The van der Waals surface area contributed by atoms with Crippen LogP contribution in [0.3, 0.4) is 0 Å². The molecule has 0 atom stereocenters. The van der Waals surface area contributed by atoms with Crippen molar-refractivity contribution in [2.24, 2.45) is 0 Å². The molecular formula is C14H11N3O3S. The summed E-state index contributed by atoms with van der Waals surface area (Å²) in [7, 11) is 0. The first-order chi connectivity index (χ1) is 9.93. The molecule has 2 rings (SSSR count). The van der Waals surface area contributed by atoms with Gasteiger partial charge in [-0.2, -0.15) is 5.26 Å². The van der Waals surface area contributed by atoms with Gasteiger partial charge in [-0.1, -0.05) is 6.07 Å². The van der Waals surface area contributed by atoms with Crippen LogP contribution in [-0.2, 0) is 0 Å². The average Bonchev–Trinajstić information content (AvgIpc) is 2.73. The van der Waals surface area contributed by atoms with Crippen molar-refractivity contribution in [1.29, 1.82) is 5.26 Å². The zero-order valence-corrected chi connectivity index (χ0v) is 12.2. The molecule has 0 fully saturated rings. The SMILES string of the molecule is Cc1sc(NC(=O)c2cccc([N+](=O)[O-])c2)c(C#N)c1C. The van der Waals surface area contributed by atoms with E-state index in [1.165, 1.54) is 35.6 Å². The standard InChI is InChI=1S/C14H11N3O3S/c1-8-9(2)21-14(12(8)7-15)16-13(18)10-4-3-5-11(6-10)17(19)20/h3-6H,1-2H3,(H,16,18). The highest BCUT2D eigenvalue weighted by molar-refractivity contribution is 7.16. The van der Waals surface area contributed by atoms with Gasteiger partial charge < -0.3 is 5.32 Å². The first-order valence-corrected chi connectivity index (χ1v) is 6.81. The lowest BCUT2D eigenvalue weighted by Crippen LogP contribution is -2.12. The van der Waals surface area contributed by atoms with Gasteiger partial charge in [-0.15, -0.1) is 11.3 Å². The predicted molar refractivity (Wildman–Crippen MR) is 79.6 cm³/mol. The first-order valence-electron chi connectivity index (χ1n) is 6.00. The summed E-state index contributed by atoms with van der Waals surface area (Å²) in [5, 5.41) is 22.9. The van der Waals surface area contributed by atoms with Gasteiger partial charge in [0, 0.05) is 22.6 Å². The molecule has 1 N–H and O–H groups in total. The molecule has 0 unspecified atom stereocenters. The fourth-order valence-electron chi connectivity index (χ4n) is 1.79. The van der Waals surface area contributed by atoms with Crippen LogP contribution in [0.4, 0.5) is 10.7 Å². The third-order valence-corrected chi connectivity index (χ3v) is 4.17. The molecule has 21 heavy (non-hydrogen) atoms. The summed E-state index contributed by atoms with van der Waals surface area (Å²) in [6.45, 7) is 3.68. The Hall–Kier alpha value is -2.72. The fraction of sp³-hybridized carbons (Fsp3) is 0.143. The van der Waals surface area contributed by atoms with Crippen LogP contribution in [0.5, 0.6) is 0 Å². The highest BCUT2D eigenvalue weighted by atomic mass is 32.1. The number of amides is 1. The minimum atomic E-state index is -0.559. The van der Waals surface area contributed by atoms with Gasteiger partial charge in [-0.25, -0.2) is 0 Å². The van der Waals surface area contributed by atoms with Gasteiger partial charge in [0.15, 0.2) is 0 Å². The maximum atomic E-state index is 12.1. The molecule has 0 spiro atoms. The maximum absolute atomic E-state index is 12.1. The molecule has 0 bridgehead atoms. The Morgan fingerprint density at radius 3 is 2.76 bits per heavy atom. The molecule has 0 aliphatic heterocycles. The number of nitro benzene ring substituents is 1. The highest BCUT2D eigenvalue weighted by Gasteiger charge is 2.17. The number of carbonyl (C=O) groups excluding carboxylic acids is 1. The molecule has 0 saturated carbocycles. The molecule has 6 nitrogen and oxygen atoms in total. The Labute approximate surface area is 124 Å². The topological polar surface area (TPSA) is 96.0 Å². The number of carbonyl (C=O) groups is 1. The normalized spacial score (nSPS) is 9.95. The number of aryl methyl sites for hydroxylation is 1. The Morgan fingerprint density at radius 1 is 1.43 bits per heavy atom. The van der Waals surface area contributed by atoms with Crippen LogP contribution in [-0.4, -0.2) is 10.8 Å². The molecule has 2 aromatic rings. The maximum Gasteiger partial charge on any atom is 0.270 e. The number of anilines is 1. The third-order valence-electron chi connectivity index (χ3n) is 3.04. The highest BCUT2D eigenvalue weighted by Crippen LogP contribution is 2.32. The molecule has 7 heteroatoms. The number of nitrogens with zero attached hydrogens (tertiary/aromatic N) is 2. The largest absolute Gasteiger partial charge is 0.312 e. The van der Waals surface area contributed by atoms with E-state index in [1.807, 2.05) is 13.8 Å². The lowest BCUT2D eigenvalue weighted by atomic mass is 10.1. The van der Waals surface area contributed by atoms with Gasteiger partial charge in [-0.3, -0.25) is 14.9 Å². The van der Waals surface area contributed by atoms with Crippen molar-refractivity contribution >= 4 is 27.9 Å². The number of rotatable bonds is 3. The molecule has 106 valence electrons. The second-order valence-corrected chi connectivity index (χ2v) is 5.59. The third kappa shape index (κ3) is 2.90. The zero-order chi connectivity index (χ0) is 15.6. The number of hydrogen-bond donors (Lipinski definition) is 1. The van der Waals surface area contributed by atoms with E-state index in [0.717, 1.165) is 10.4 Å². The van der Waals surface area contributed by atoms with E-state index in [0.29, 0.717) is 10.6 Å². The van der Waals surface area contributed by atoms with E-state index < -0.39 is 10.8 Å². The van der Waals surface area contributed by atoms with Crippen molar-refractivity contribution in [2.45, 2.75) is 13.8 Å². The molecule has 0 aliphatic rings. The van der Waals surface area contributed by atoms with Crippen molar-refractivity contribution in [3.8, 4) is 6.07 Å². The second kappa shape index (κ2) is 5.73. The smallest absolute Gasteiger partial charge is 0.270 e. The fourth-order valence-corrected chi connectivity index (χ4v) is 2.79. The monoisotopic (exact) mass is 301 g/mol. The minimum absolute atomic E-state index is 0.151. The summed E-state index contributed by atoms with van der Waals surface area (Å²) in [4.78, 5) is 23.2. The molecule has 1 aromatic carbocycles. The molecule has 0 radical (unpaired) electrons. The van der Waals surface area contributed by atoms with E-state index in [2.05, 4.69) is 11.4 Å². The van der Waals surface area contributed by atoms with E-state index >= 15 is 0 Å². The van der Waals surface area contributed by atoms with Gasteiger partial charge in [-0.05, 0) is 25.5 Å². The van der Waals surface area contributed by atoms with Crippen molar-refractivity contribution in [3.63, 3.8) is 0 Å². The molecule has 1 aromatic heterocycles. The van der Waals surface area contributed by atoms with E-state index in [1.54, 1.807) is 0 Å². The summed E-state index contributed by atoms with van der Waals surface area (Å²) >= 11 is 1.31. The Kier molecular flexibility index (Phi) is 4.00.